The van der Waals surface area contributed by atoms with Crippen molar-refractivity contribution >= 4 is 40.4 Å². The average molecular weight is 445 g/mol. The Balaban J connectivity index is 1.35. The van der Waals surface area contributed by atoms with Crippen LogP contribution in [-0.2, 0) is 0 Å². The molecular weight excluding hydrogens is 427 g/mol. The molecule has 2 amide bonds. The van der Waals surface area contributed by atoms with Gasteiger partial charge in [0, 0.05) is 35.3 Å². The fraction of sp³-hybridized carbons (Fsp3) is 0.238. The third-order valence-corrected chi connectivity index (χ3v) is 6.26. The Kier molecular flexibility index (Phi) is 6.06. The normalized spacial score (nSPS) is 14.5. The third kappa shape index (κ3) is 4.66. The third-order valence-electron chi connectivity index (χ3n) is 4.94. The maximum atomic E-state index is 13.1. The lowest BCUT2D eigenvalue weighted by Crippen LogP contribution is -2.37. The number of carbonyl (C=O) groups is 2. The van der Waals surface area contributed by atoms with E-state index in [-0.39, 0.29) is 28.6 Å². The van der Waals surface area contributed by atoms with Crippen molar-refractivity contribution in [3.63, 3.8) is 0 Å². The Labute approximate surface area is 181 Å². The van der Waals surface area contributed by atoms with Gasteiger partial charge in [0.2, 0.25) is 5.01 Å². The van der Waals surface area contributed by atoms with E-state index < -0.39 is 0 Å². The quantitative estimate of drug-likeness (QED) is 0.638. The number of halogens is 2. The predicted molar refractivity (Wildman–Crippen MR) is 114 cm³/mol. The van der Waals surface area contributed by atoms with E-state index in [9.17, 15) is 14.0 Å². The fourth-order valence-corrected chi connectivity index (χ4v) is 4.44. The summed E-state index contributed by atoms with van der Waals surface area (Å²) in [5.74, 6) is -0.651. The first-order chi connectivity index (χ1) is 14.5. The molecule has 3 aromatic rings. The van der Waals surface area contributed by atoms with E-state index >= 15 is 0 Å². The molecule has 0 aliphatic carbocycles. The zero-order valence-electron chi connectivity index (χ0n) is 15.8. The maximum Gasteiger partial charge on any atom is 0.286 e. The molecule has 1 fully saturated rings. The summed E-state index contributed by atoms with van der Waals surface area (Å²) in [7, 11) is 0. The summed E-state index contributed by atoms with van der Waals surface area (Å²) in [4.78, 5) is 26.7. The molecule has 0 bridgehead atoms. The van der Waals surface area contributed by atoms with E-state index in [0.29, 0.717) is 29.4 Å². The Bertz CT molecular complexity index is 1060. The molecule has 0 saturated carbocycles. The van der Waals surface area contributed by atoms with Crippen molar-refractivity contribution in [2.75, 3.05) is 18.4 Å². The SMILES string of the molecule is O=C(Nc1cccc(Cl)c1)c1nnc(C2CCN(C(=O)c3ccc(F)cc3)CC2)s1. The lowest BCUT2D eigenvalue weighted by molar-refractivity contribution is 0.0712. The van der Waals surface area contributed by atoms with Gasteiger partial charge in [-0.3, -0.25) is 9.59 Å². The number of aromatic nitrogens is 2. The lowest BCUT2D eigenvalue weighted by atomic mass is 9.97. The van der Waals surface area contributed by atoms with Crippen molar-refractivity contribution in [1.29, 1.82) is 0 Å². The number of nitrogens with zero attached hydrogens (tertiary/aromatic N) is 3. The zero-order valence-corrected chi connectivity index (χ0v) is 17.4. The van der Waals surface area contributed by atoms with E-state index in [1.807, 2.05) is 0 Å². The van der Waals surface area contributed by atoms with Crippen LogP contribution < -0.4 is 5.32 Å². The molecule has 1 aliphatic heterocycles. The first kappa shape index (κ1) is 20.4. The minimum atomic E-state index is -0.364. The maximum absolute atomic E-state index is 13.1. The second-order valence-electron chi connectivity index (χ2n) is 6.98. The molecular formula is C21H18ClFN4O2S. The highest BCUT2D eigenvalue weighted by molar-refractivity contribution is 7.13. The van der Waals surface area contributed by atoms with Crippen LogP contribution in [0.4, 0.5) is 10.1 Å². The highest BCUT2D eigenvalue weighted by Gasteiger charge is 2.27. The number of rotatable bonds is 4. The van der Waals surface area contributed by atoms with Crippen molar-refractivity contribution in [3.8, 4) is 0 Å². The number of nitrogens with one attached hydrogen (secondary N) is 1. The number of amides is 2. The van der Waals surface area contributed by atoms with Crippen LogP contribution in [0.15, 0.2) is 48.5 Å². The van der Waals surface area contributed by atoms with Gasteiger partial charge in [0.05, 0.1) is 0 Å². The van der Waals surface area contributed by atoms with Crippen molar-refractivity contribution in [1.82, 2.24) is 15.1 Å². The van der Waals surface area contributed by atoms with Gasteiger partial charge in [-0.05, 0) is 55.3 Å². The van der Waals surface area contributed by atoms with Crippen molar-refractivity contribution in [2.45, 2.75) is 18.8 Å². The van der Waals surface area contributed by atoms with Gasteiger partial charge < -0.3 is 10.2 Å². The van der Waals surface area contributed by atoms with E-state index in [2.05, 4.69) is 15.5 Å². The van der Waals surface area contributed by atoms with E-state index in [1.165, 1.54) is 35.6 Å². The van der Waals surface area contributed by atoms with Crippen LogP contribution in [0.5, 0.6) is 0 Å². The van der Waals surface area contributed by atoms with Crippen molar-refractivity contribution < 1.29 is 14.0 Å². The molecule has 0 spiro atoms. The Hall–Kier alpha value is -2.84. The highest BCUT2D eigenvalue weighted by Crippen LogP contribution is 2.31. The summed E-state index contributed by atoms with van der Waals surface area (Å²) < 4.78 is 13.1. The first-order valence-corrected chi connectivity index (χ1v) is 10.6. The van der Waals surface area contributed by atoms with Crippen LogP contribution in [0.3, 0.4) is 0 Å². The second kappa shape index (κ2) is 8.89. The number of anilines is 1. The Morgan fingerprint density at radius 2 is 1.83 bits per heavy atom. The van der Waals surface area contributed by atoms with Crippen LogP contribution in [0.2, 0.25) is 5.02 Å². The van der Waals surface area contributed by atoms with Crippen LogP contribution >= 0.6 is 22.9 Å². The molecule has 1 N–H and O–H groups in total. The number of benzene rings is 2. The first-order valence-electron chi connectivity index (χ1n) is 9.45. The molecule has 2 heterocycles. The Morgan fingerprint density at radius 1 is 1.10 bits per heavy atom. The van der Waals surface area contributed by atoms with Gasteiger partial charge in [0.1, 0.15) is 10.8 Å². The summed E-state index contributed by atoms with van der Waals surface area (Å²) in [6.45, 7) is 1.15. The van der Waals surface area contributed by atoms with Crippen LogP contribution in [-0.4, -0.2) is 40.0 Å². The highest BCUT2D eigenvalue weighted by atomic mass is 35.5. The molecule has 1 saturated heterocycles. The molecule has 4 rings (SSSR count). The van der Waals surface area contributed by atoms with Gasteiger partial charge in [0.15, 0.2) is 0 Å². The molecule has 2 aromatic carbocycles. The summed E-state index contributed by atoms with van der Waals surface area (Å²) >= 11 is 7.20. The van der Waals surface area contributed by atoms with E-state index in [0.717, 1.165) is 17.8 Å². The minimum absolute atomic E-state index is 0.104. The van der Waals surface area contributed by atoms with E-state index in [4.69, 9.17) is 11.6 Å². The number of likely N-dealkylation sites (tertiary alicyclic amines) is 1. The standard InChI is InChI=1S/C21H18ClFN4O2S/c22-15-2-1-3-17(12-15)24-18(28)20-26-25-19(30-20)13-8-10-27(11-9-13)21(29)14-4-6-16(23)7-5-14/h1-7,12-13H,8-11H2,(H,24,28). The predicted octanol–water partition coefficient (Wildman–Crippen LogP) is 4.60. The van der Waals surface area contributed by atoms with Gasteiger partial charge in [0.25, 0.3) is 11.8 Å². The Morgan fingerprint density at radius 3 is 2.53 bits per heavy atom. The average Bonchev–Trinajstić information content (AvgIpc) is 3.24. The van der Waals surface area contributed by atoms with Crippen LogP contribution in [0.1, 0.15) is 43.9 Å². The van der Waals surface area contributed by atoms with Gasteiger partial charge >= 0.3 is 0 Å². The fourth-order valence-electron chi connectivity index (χ4n) is 3.35. The van der Waals surface area contributed by atoms with Gasteiger partial charge in [-0.1, -0.05) is 29.0 Å². The minimum Gasteiger partial charge on any atom is -0.339 e. The molecule has 1 aliphatic rings. The largest absolute Gasteiger partial charge is 0.339 e. The van der Waals surface area contributed by atoms with Gasteiger partial charge in [-0.2, -0.15) is 0 Å². The topological polar surface area (TPSA) is 75.2 Å². The molecule has 0 unspecified atom stereocenters. The molecule has 9 heteroatoms. The summed E-state index contributed by atoms with van der Waals surface area (Å²) in [5, 5.41) is 12.6. The lowest BCUT2D eigenvalue weighted by Gasteiger charge is -2.31. The van der Waals surface area contributed by atoms with Gasteiger partial charge in [-0.15, -0.1) is 10.2 Å². The smallest absolute Gasteiger partial charge is 0.286 e. The zero-order chi connectivity index (χ0) is 21.1. The molecule has 0 radical (unpaired) electrons. The number of piperidine rings is 1. The molecule has 0 atom stereocenters. The summed E-state index contributed by atoms with van der Waals surface area (Å²) in [5.41, 5.74) is 1.07. The van der Waals surface area contributed by atoms with Crippen molar-refractivity contribution in [2.24, 2.45) is 0 Å². The summed E-state index contributed by atoms with van der Waals surface area (Å²) in [6.07, 6.45) is 1.47. The van der Waals surface area contributed by atoms with Crippen LogP contribution in [0, 0.1) is 5.82 Å². The molecule has 154 valence electrons. The van der Waals surface area contributed by atoms with Gasteiger partial charge in [-0.25, -0.2) is 4.39 Å². The second-order valence-corrected chi connectivity index (χ2v) is 8.43. The number of carbonyl (C=O) groups excluding carboxylic acids is 2. The van der Waals surface area contributed by atoms with Crippen molar-refractivity contribution in [3.05, 3.63) is 74.9 Å². The van der Waals surface area contributed by atoms with Crippen LogP contribution in [0.25, 0.3) is 0 Å². The number of hydrogen-bond donors (Lipinski definition) is 1. The molecule has 30 heavy (non-hydrogen) atoms. The number of hydrogen-bond acceptors (Lipinski definition) is 5. The summed E-state index contributed by atoms with van der Waals surface area (Å²) in [6, 6.07) is 12.5. The molecule has 1 aromatic heterocycles. The van der Waals surface area contributed by atoms with E-state index in [1.54, 1.807) is 29.2 Å². The monoisotopic (exact) mass is 444 g/mol. The molecule has 6 nitrogen and oxygen atoms in total.